The van der Waals surface area contributed by atoms with Crippen LogP contribution in [0.15, 0.2) is 24.5 Å². The maximum absolute atomic E-state index is 5.61. The van der Waals surface area contributed by atoms with E-state index in [9.17, 15) is 0 Å². The monoisotopic (exact) mass is 254 g/mol. The molecule has 1 aliphatic rings. The summed E-state index contributed by atoms with van der Waals surface area (Å²) in [6, 6.07) is 3.95. The Kier molecular flexibility index (Phi) is 4.77. The lowest BCUT2D eigenvalue weighted by Crippen LogP contribution is -2.43. The molecule has 0 aromatic carbocycles. The summed E-state index contributed by atoms with van der Waals surface area (Å²) in [7, 11) is 3.37. The lowest BCUT2D eigenvalue weighted by Gasteiger charge is -2.35. The lowest BCUT2D eigenvalue weighted by atomic mass is 10.2. The molecule has 0 spiro atoms. The first-order valence-corrected chi connectivity index (χ1v) is 6.34. The Bertz CT molecular complexity index is 330. The quantitative estimate of drug-likeness (QED) is 0.713. The molecule has 5 nitrogen and oxygen atoms in total. The van der Waals surface area contributed by atoms with E-state index in [0.29, 0.717) is 0 Å². The van der Waals surface area contributed by atoms with Crippen LogP contribution in [0, 0.1) is 0 Å². The molecule has 1 saturated heterocycles. The van der Waals surface area contributed by atoms with Crippen molar-refractivity contribution in [2.75, 3.05) is 47.1 Å². The molecule has 1 aromatic heterocycles. The number of hydrogen-bond donors (Lipinski definition) is 0. The fraction of sp³-hybridized carbons (Fsp3) is 0.692. The summed E-state index contributed by atoms with van der Waals surface area (Å²) < 4.78 is 18.5. The molecule has 5 heteroatoms. The Morgan fingerprint density at radius 3 is 2.28 bits per heavy atom. The molecular formula is C13H22N2O3. The molecule has 2 heterocycles. The van der Waals surface area contributed by atoms with Crippen molar-refractivity contribution in [1.82, 2.24) is 9.47 Å². The molecule has 0 atom stereocenters. The van der Waals surface area contributed by atoms with E-state index in [1.165, 1.54) is 0 Å². The highest BCUT2D eigenvalue weighted by Gasteiger charge is 2.31. The molecule has 0 amide bonds. The molecule has 1 aromatic rings. The molecule has 1 fully saturated rings. The van der Waals surface area contributed by atoms with Crippen molar-refractivity contribution in [3.8, 4) is 0 Å². The maximum atomic E-state index is 5.61. The van der Waals surface area contributed by atoms with Gasteiger partial charge in [-0.2, -0.15) is 0 Å². The number of morpholine rings is 1. The van der Waals surface area contributed by atoms with Crippen LogP contribution in [-0.2, 0) is 20.1 Å². The first-order chi connectivity index (χ1) is 8.80. The highest BCUT2D eigenvalue weighted by molar-refractivity contribution is 4.93. The zero-order chi connectivity index (χ0) is 12.8. The summed E-state index contributed by atoms with van der Waals surface area (Å²) in [5.74, 6) is -0.707. The van der Waals surface area contributed by atoms with E-state index < -0.39 is 5.91 Å². The Morgan fingerprint density at radius 2 is 1.72 bits per heavy atom. The molecule has 2 rings (SSSR count). The van der Waals surface area contributed by atoms with E-state index in [4.69, 9.17) is 14.2 Å². The minimum Gasteiger partial charge on any atom is -0.379 e. The second-order valence-corrected chi connectivity index (χ2v) is 4.42. The Labute approximate surface area is 108 Å². The number of ether oxygens (including phenoxy) is 3. The Morgan fingerprint density at radius 1 is 1.11 bits per heavy atom. The molecule has 18 heavy (non-hydrogen) atoms. The SMILES string of the molecule is COC(CCN1CCOCC1)(OC)n1cccc1. The van der Waals surface area contributed by atoms with Gasteiger partial charge in [-0.3, -0.25) is 4.90 Å². The van der Waals surface area contributed by atoms with Gasteiger partial charge in [0, 0.05) is 52.7 Å². The highest BCUT2D eigenvalue weighted by atomic mass is 16.7. The van der Waals surface area contributed by atoms with Crippen LogP contribution in [0.2, 0.25) is 0 Å². The molecule has 0 radical (unpaired) electrons. The Balaban J connectivity index is 1.97. The van der Waals surface area contributed by atoms with Gasteiger partial charge in [-0.05, 0) is 12.1 Å². The van der Waals surface area contributed by atoms with Crippen molar-refractivity contribution in [3.63, 3.8) is 0 Å². The van der Waals surface area contributed by atoms with E-state index in [2.05, 4.69) is 4.90 Å². The fourth-order valence-corrected chi connectivity index (χ4v) is 2.31. The zero-order valence-corrected chi connectivity index (χ0v) is 11.2. The summed E-state index contributed by atoms with van der Waals surface area (Å²) in [5.41, 5.74) is 0. The fourth-order valence-electron chi connectivity index (χ4n) is 2.31. The standard InChI is InChI=1S/C13H22N2O3/c1-16-13(17-2,15-6-3-4-7-15)5-8-14-9-11-18-12-10-14/h3-4,6-7H,5,8-12H2,1-2H3. The zero-order valence-electron chi connectivity index (χ0n) is 11.2. The van der Waals surface area contributed by atoms with Gasteiger partial charge < -0.3 is 18.8 Å². The normalized spacial score (nSPS) is 18.1. The molecule has 1 aliphatic heterocycles. The first-order valence-electron chi connectivity index (χ1n) is 6.34. The molecular weight excluding hydrogens is 232 g/mol. The minimum atomic E-state index is -0.707. The third-order valence-corrected chi connectivity index (χ3v) is 3.48. The van der Waals surface area contributed by atoms with Crippen LogP contribution in [0.3, 0.4) is 0 Å². The summed E-state index contributed by atoms with van der Waals surface area (Å²) >= 11 is 0. The summed E-state index contributed by atoms with van der Waals surface area (Å²) in [6.45, 7) is 4.53. The first kappa shape index (κ1) is 13.5. The lowest BCUT2D eigenvalue weighted by molar-refractivity contribution is -0.273. The van der Waals surface area contributed by atoms with Gasteiger partial charge >= 0.3 is 0 Å². The number of hydrogen-bond acceptors (Lipinski definition) is 4. The van der Waals surface area contributed by atoms with E-state index >= 15 is 0 Å². The van der Waals surface area contributed by atoms with Gasteiger partial charge in [0.25, 0.3) is 5.91 Å². The number of nitrogens with zero attached hydrogens (tertiary/aromatic N) is 2. The number of rotatable bonds is 6. The van der Waals surface area contributed by atoms with Crippen molar-refractivity contribution in [2.45, 2.75) is 12.3 Å². The molecule has 0 aliphatic carbocycles. The van der Waals surface area contributed by atoms with Crippen molar-refractivity contribution in [1.29, 1.82) is 0 Å². The van der Waals surface area contributed by atoms with Crippen LogP contribution < -0.4 is 0 Å². The van der Waals surface area contributed by atoms with Crippen LogP contribution in [0.25, 0.3) is 0 Å². The van der Waals surface area contributed by atoms with Gasteiger partial charge in [-0.1, -0.05) is 0 Å². The minimum absolute atomic E-state index is 0.707. The van der Waals surface area contributed by atoms with Crippen molar-refractivity contribution in [3.05, 3.63) is 24.5 Å². The van der Waals surface area contributed by atoms with Crippen molar-refractivity contribution < 1.29 is 14.2 Å². The van der Waals surface area contributed by atoms with E-state index in [1.807, 2.05) is 29.1 Å². The molecule has 0 N–H and O–H groups in total. The predicted octanol–water partition coefficient (Wildman–Crippen LogP) is 1.11. The average molecular weight is 254 g/mol. The maximum Gasteiger partial charge on any atom is 0.255 e. The Hall–Kier alpha value is -0.880. The second-order valence-electron chi connectivity index (χ2n) is 4.42. The van der Waals surface area contributed by atoms with Crippen LogP contribution >= 0.6 is 0 Å². The van der Waals surface area contributed by atoms with Crippen LogP contribution in [-0.4, -0.2) is 56.5 Å². The highest BCUT2D eigenvalue weighted by Crippen LogP contribution is 2.23. The largest absolute Gasteiger partial charge is 0.379 e. The van der Waals surface area contributed by atoms with Crippen LogP contribution in [0.1, 0.15) is 6.42 Å². The van der Waals surface area contributed by atoms with Crippen molar-refractivity contribution >= 4 is 0 Å². The molecule has 0 saturated carbocycles. The molecule has 0 bridgehead atoms. The molecule has 102 valence electrons. The number of methoxy groups -OCH3 is 2. The number of aromatic nitrogens is 1. The summed E-state index contributed by atoms with van der Waals surface area (Å²) in [5, 5.41) is 0. The predicted molar refractivity (Wildman–Crippen MR) is 68.3 cm³/mol. The van der Waals surface area contributed by atoms with Crippen LogP contribution in [0.5, 0.6) is 0 Å². The summed E-state index contributed by atoms with van der Waals surface area (Å²) in [6.07, 6.45) is 4.72. The van der Waals surface area contributed by atoms with Gasteiger partial charge in [0.2, 0.25) is 0 Å². The topological polar surface area (TPSA) is 35.9 Å². The molecule has 0 unspecified atom stereocenters. The van der Waals surface area contributed by atoms with Gasteiger partial charge in [-0.25, -0.2) is 0 Å². The van der Waals surface area contributed by atoms with Crippen molar-refractivity contribution in [2.24, 2.45) is 0 Å². The van der Waals surface area contributed by atoms with E-state index in [1.54, 1.807) is 14.2 Å². The van der Waals surface area contributed by atoms with E-state index in [-0.39, 0.29) is 0 Å². The van der Waals surface area contributed by atoms with Gasteiger partial charge in [0.1, 0.15) is 0 Å². The van der Waals surface area contributed by atoms with E-state index in [0.717, 1.165) is 39.3 Å². The van der Waals surface area contributed by atoms with Crippen LogP contribution in [0.4, 0.5) is 0 Å². The smallest absolute Gasteiger partial charge is 0.255 e. The third kappa shape index (κ3) is 2.92. The van der Waals surface area contributed by atoms with Gasteiger partial charge in [0.05, 0.1) is 13.2 Å². The van der Waals surface area contributed by atoms with Gasteiger partial charge in [-0.15, -0.1) is 0 Å². The average Bonchev–Trinajstić information content (AvgIpc) is 2.96. The van der Waals surface area contributed by atoms with Gasteiger partial charge in [0.15, 0.2) is 0 Å². The summed E-state index contributed by atoms with van der Waals surface area (Å²) in [4.78, 5) is 2.37. The third-order valence-electron chi connectivity index (χ3n) is 3.48. The second kappa shape index (κ2) is 6.33.